The molecule has 5 nitrogen and oxygen atoms in total. The predicted molar refractivity (Wildman–Crippen MR) is 49.5 cm³/mol. The molecule has 0 aliphatic heterocycles. The molecule has 0 spiro atoms. The molecule has 98 valence electrons. The highest BCUT2D eigenvalue weighted by atomic mass is 19.2. The number of carbonyl (C=O) groups is 2. The third-order valence-electron chi connectivity index (χ3n) is 1.68. The standard InChI is InChI=1S/C9H6F4N2O3/c10-3-1-4(11)7(13)8(6(3)12)18-2-5(16)15-9(14)17/h1H,2H2,(H3,14,15,16,17). The first-order valence-corrected chi connectivity index (χ1v) is 4.38. The molecule has 0 fully saturated rings. The Morgan fingerprint density at radius 2 is 1.67 bits per heavy atom. The summed E-state index contributed by atoms with van der Waals surface area (Å²) in [5.41, 5.74) is 4.58. The molecule has 0 radical (unpaired) electrons. The molecule has 0 unspecified atom stereocenters. The van der Waals surface area contributed by atoms with E-state index in [1.54, 1.807) is 0 Å². The highest BCUT2D eigenvalue weighted by Gasteiger charge is 2.21. The molecule has 0 saturated heterocycles. The molecule has 0 bridgehead atoms. The van der Waals surface area contributed by atoms with Gasteiger partial charge in [-0.05, 0) is 0 Å². The number of ether oxygens (including phenoxy) is 1. The second-order valence-corrected chi connectivity index (χ2v) is 3.00. The van der Waals surface area contributed by atoms with Crippen molar-refractivity contribution in [1.29, 1.82) is 0 Å². The normalized spacial score (nSPS) is 10.0. The molecule has 0 heterocycles. The predicted octanol–water partition coefficient (Wildman–Crippen LogP) is 0.817. The first kappa shape index (κ1) is 13.7. The van der Waals surface area contributed by atoms with Gasteiger partial charge in [-0.3, -0.25) is 10.1 Å². The summed E-state index contributed by atoms with van der Waals surface area (Å²) < 4.78 is 55.7. The third kappa shape index (κ3) is 3.09. The number of carbonyl (C=O) groups excluding carboxylic acids is 2. The molecule has 1 aromatic rings. The summed E-state index contributed by atoms with van der Waals surface area (Å²) in [6.45, 7) is -1.04. The van der Waals surface area contributed by atoms with Crippen LogP contribution in [-0.4, -0.2) is 18.5 Å². The zero-order valence-electron chi connectivity index (χ0n) is 8.60. The number of hydrogen-bond acceptors (Lipinski definition) is 3. The molecule has 0 atom stereocenters. The smallest absolute Gasteiger partial charge is 0.318 e. The van der Waals surface area contributed by atoms with Crippen molar-refractivity contribution in [3.05, 3.63) is 29.3 Å². The van der Waals surface area contributed by atoms with Crippen LogP contribution in [0, 0.1) is 23.3 Å². The van der Waals surface area contributed by atoms with Crippen molar-refractivity contribution >= 4 is 11.9 Å². The van der Waals surface area contributed by atoms with Crippen molar-refractivity contribution in [3.63, 3.8) is 0 Å². The first-order chi connectivity index (χ1) is 8.32. The number of amides is 3. The highest BCUT2D eigenvalue weighted by molar-refractivity contribution is 5.94. The van der Waals surface area contributed by atoms with Gasteiger partial charge in [0, 0.05) is 6.07 Å². The number of nitrogens with one attached hydrogen (secondary N) is 1. The van der Waals surface area contributed by atoms with E-state index in [9.17, 15) is 27.2 Å². The summed E-state index contributed by atoms with van der Waals surface area (Å²) >= 11 is 0. The van der Waals surface area contributed by atoms with Crippen molar-refractivity contribution < 1.29 is 31.9 Å². The molecule has 1 aromatic carbocycles. The van der Waals surface area contributed by atoms with Crippen LogP contribution < -0.4 is 15.8 Å². The molecule has 3 N–H and O–H groups in total. The summed E-state index contributed by atoms with van der Waals surface area (Å²) in [5, 5.41) is 1.52. The van der Waals surface area contributed by atoms with Gasteiger partial charge in [-0.25, -0.2) is 13.6 Å². The maximum Gasteiger partial charge on any atom is 0.318 e. The minimum Gasteiger partial charge on any atom is -0.477 e. The average Bonchev–Trinajstić information content (AvgIpc) is 2.25. The van der Waals surface area contributed by atoms with Crippen LogP contribution in [-0.2, 0) is 4.79 Å². The Morgan fingerprint density at radius 1 is 1.17 bits per heavy atom. The number of halogens is 4. The fraction of sp³-hybridized carbons (Fsp3) is 0.111. The van der Waals surface area contributed by atoms with Gasteiger partial charge in [-0.15, -0.1) is 0 Å². The van der Waals surface area contributed by atoms with E-state index < -0.39 is 47.6 Å². The van der Waals surface area contributed by atoms with Crippen LogP contribution in [0.5, 0.6) is 5.75 Å². The molecule has 3 amide bonds. The Hall–Kier alpha value is -2.32. The number of hydrogen-bond donors (Lipinski definition) is 2. The monoisotopic (exact) mass is 266 g/mol. The summed E-state index contributed by atoms with van der Waals surface area (Å²) in [4.78, 5) is 21.1. The van der Waals surface area contributed by atoms with E-state index in [1.807, 2.05) is 0 Å². The largest absolute Gasteiger partial charge is 0.477 e. The lowest BCUT2D eigenvalue weighted by atomic mass is 10.3. The van der Waals surface area contributed by atoms with Crippen LogP contribution in [0.2, 0.25) is 0 Å². The maximum absolute atomic E-state index is 13.0. The molecule has 1 rings (SSSR count). The van der Waals surface area contributed by atoms with Gasteiger partial charge in [-0.1, -0.05) is 0 Å². The van der Waals surface area contributed by atoms with Gasteiger partial charge in [-0.2, -0.15) is 8.78 Å². The van der Waals surface area contributed by atoms with E-state index in [2.05, 4.69) is 10.5 Å². The summed E-state index contributed by atoms with van der Waals surface area (Å²) in [6.07, 6.45) is 0. The van der Waals surface area contributed by atoms with Crippen molar-refractivity contribution in [1.82, 2.24) is 5.32 Å². The highest BCUT2D eigenvalue weighted by Crippen LogP contribution is 2.26. The van der Waals surface area contributed by atoms with Crippen LogP contribution >= 0.6 is 0 Å². The van der Waals surface area contributed by atoms with Crippen LogP contribution in [0.15, 0.2) is 6.07 Å². The number of imide groups is 1. The molecule has 0 aliphatic rings. The van der Waals surface area contributed by atoms with Gasteiger partial charge in [0.05, 0.1) is 0 Å². The molecule has 18 heavy (non-hydrogen) atoms. The molecular weight excluding hydrogens is 260 g/mol. The molecule has 9 heteroatoms. The van der Waals surface area contributed by atoms with Gasteiger partial charge < -0.3 is 10.5 Å². The van der Waals surface area contributed by atoms with Crippen molar-refractivity contribution in [2.75, 3.05) is 6.61 Å². The second-order valence-electron chi connectivity index (χ2n) is 3.00. The van der Waals surface area contributed by atoms with Gasteiger partial charge in [0.1, 0.15) is 0 Å². The van der Waals surface area contributed by atoms with Crippen molar-refractivity contribution in [3.8, 4) is 5.75 Å². The minimum atomic E-state index is -1.79. The lowest BCUT2D eigenvalue weighted by Crippen LogP contribution is -2.38. The lowest BCUT2D eigenvalue weighted by molar-refractivity contribution is -0.122. The number of urea groups is 1. The molecule has 0 aromatic heterocycles. The Balaban J connectivity index is 2.85. The zero-order valence-corrected chi connectivity index (χ0v) is 8.60. The summed E-state index contributed by atoms with van der Waals surface area (Å²) in [5.74, 6) is -9.47. The van der Waals surface area contributed by atoms with E-state index in [1.165, 1.54) is 5.32 Å². The number of primary amides is 1. The number of rotatable bonds is 3. The second kappa shape index (κ2) is 5.34. The van der Waals surface area contributed by atoms with E-state index >= 15 is 0 Å². The average molecular weight is 266 g/mol. The maximum atomic E-state index is 13.0. The number of nitrogens with two attached hydrogens (primary N) is 1. The lowest BCUT2D eigenvalue weighted by Gasteiger charge is -2.08. The van der Waals surface area contributed by atoms with Crippen LogP contribution in [0.4, 0.5) is 22.4 Å². The van der Waals surface area contributed by atoms with E-state index in [0.717, 1.165) is 0 Å². The SMILES string of the molecule is NC(=O)NC(=O)COc1c(F)c(F)cc(F)c1F. The fourth-order valence-corrected chi connectivity index (χ4v) is 0.989. The number of benzene rings is 1. The Labute approximate surface area is 97.5 Å². The van der Waals surface area contributed by atoms with Crippen molar-refractivity contribution in [2.24, 2.45) is 5.73 Å². The van der Waals surface area contributed by atoms with Gasteiger partial charge in [0.25, 0.3) is 5.91 Å². The summed E-state index contributed by atoms with van der Waals surface area (Å²) in [6, 6.07) is -1.23. The Bertz CT molecular complexity index is 481. The van der Waals surface area contributed by atoms with E-state index in [0.29, 0.717) is 0 Å². The van der Waals surface area contributed by atoms with Crippen molar-refractivity contribution in [2.45, 2.75) is 0 Å². The quantitative estimate of drug-likeness (QED) is 0.627. The summed E-state index contributed by atoms with van der Waals surface area (Å²) in [7, 11) is 0. The third-order valence-corrected chi connectivity index (χ3v) is 1.68. The molecule has 0 aliphatic carbocycles. The molecular formula is C9H6F4N2O3. The zero-order chi connectivity index (χ0) is 13.9. The van der Waals surface area contributed by atoms with Crippen LogP contribution in [0.3, 0.4) is 0 Å². The van der Waals surface area contributed by atoms with Gasteiger partial charge >= 0.3 is 6.03 Å². The topological polar surface area (TPSA) is 81.4 Å². The van der Waals surface area contributed by atoms with E-state index in [4.69, 9.17) is 0 Å². The minimum absolute atomic E-state index is 0.0129. The van der Waals surface area contributed by atoms with Crippen LogP contribution in [0.1, 0.15) is 0 Å². The van der Waals surface area contributed by atoms with Gasteiger partial charge in [0.2, 0.25) is 11.6 Å². The van der Waals surface area contributed by atoms with E-state index in [-0.39, 0.29) is 6.07 Å². The van der Waals surface area contributed by atoms with Crippen LogP contribution in [0.25, 0.3) is 0 Å². The fourth-order valence-electron chi connectivity index (χ4n) is 0.989. The Kier molecular flexibility index (Phi) is 4.08. The van der Waals surface area contributed by atoms with Gasteiger partial charge in [0.15, 0.2) is 24.0 Å². The first-order valence-electron chi connectivity index (χ1n) is 4.38. The Morgan fingerprint density at radius 3 is 2.11 bits per heavy atom. The molecule has 0 saturated carbocycles.